The van der Waals surface area contributed by atoms with E-state index in [0.29, 0.717) is 5.06 Å². The van der Waals surface area contributed by atoms with Crippen LogP contribution in [0.15, 0.2) is 0 Å². The van der Waals surface area contributed by atoms with Gasteiger partial charge in [0.05, 0.1) is 5.92 Å². The number of hydrogen-bond donors (Lipinski definition) is 0. The van der Waals surface area contributed by atoms with Gasteiger partial charge in [-0.05, 0) is 12.8 Å². The fraction of sp³-hybridized carbons (Fsp3) is 0.850. The predicted molar refractivity (Wildman–Crippen MR) is 97.4 cm³/mol. The average Bonchev–Trinajstić information content (AvgIpc) is 2.91. The van der Waals surface area contributed by atoms with Crippen LogP contribution in [-0.2, 0) is 19.2 Å². The van der Waals surface area contributed by atoms with E-state index in [4.69, 9.17) is 4.84 Å². The molecule has 25 heavy (non-hydrogen) atoms. The highest BCUT2D eigenvalue weighted by Gasteiger charge is 2.34. The van der Waals surface area contributed by atoms with Gasteiger partial charge in [0.2, 0.25) is 0 Å². The SMILES string of the molecule is CCCCCCCCC(CCCCCC)C(=O)ON1C(=O)CCC1=O. The van der Waals surface area contributed by atoms with Crippen LogP contribution in [0.5, 0.6) is 0 Å². The number of amides is 2. The van der Waals surface area contributed by atoms with Gasteiger partial charge in [0, 0.05) is 12.8 Å². The molecule has 1 aliphatic rings. The second-order valence-electron chi connectivity index (χ2n) is 7.09. The quantitative estimate of drug-likeness (QED) is 0.328. The highest BCUT2D eigenvalue weighted by molar-refractivity contribution is 6.01. The van der Waals surface area contributed by atoms with Gasteiger partial charge in [-0.3, -0.25) is 9.59 Å². The molecule has 2 amide bonds. The van der Waals surface area contributed by atoms with E-state index in [-0.39, 0.29) is 18.8 Å². The first-order chi connectivity index (χ1) is 12.1. The molecule has 0 aromatic rings. The Kier molecular flexibility index (Phi) is 11.2. The maximum absolute atomic E-state index is 12.5. The van der Waals surface area contributed by atoms with E-state index >= 15 is 0 Å². The van der Waals surface area contributed by atoms with Crippen molar-refractivity contribution in [3.63, 3.8) is 0 Å². The third-order valence-electron chi connectivity index (χ3n) is 4.83. The summed E-state index contributed by atoms with van der Waals surface area (Å²) in [4.78, 5) is 40.9. The normalized spacial score (nSPS) is 15.7. The Balaban J connectivity index is 2.43. The van der Waals surface area contributed by atoms with E-state index in [0.717, 1.165) is 44.9 Å². The molecule has 144 valence electrons. The van der Waals surface area contributed by atoms with Crippen molar-refractivity contribution in [2.24, 2.45) is 5.92 Å². The van der Waals surface area contributed by atoms with Gasteiger partial charge in [0.25, 0.3) is 11.8 Å². The lowest BCUT2D eigenvalue weighted by Gasteiger charge is -2.19. The second-order valence-corrected chi connectivity index (χ2v) is 7.09. The summed E-state index contributed by atoms with van der Waals surface area (Å²) in [6.45, 7) is 4.36. The van der Waals surface area contributed by atoms with Crippen LogP contribution in [-0.4, -0.2) is 22.8 Å². The topological polar surface area (TPSA) is 63.7 Å². The van der Waals surface area contributed by atoms with Gasteiger partial charge >= 0.3 is 5.97 Å². The van der Waals surface area contributed by atoms with Gasteiger partial charge in [-0.1, -0.05) is 78.1 Å². The number of hydroxylamine groups is 2. The van der Waals surface area contributed by atoms with E-state index < -0.39 is 17.8 Å². The van der Waals surface area contributed by atoms with Crippen molar-refractivity contribution in [3.8, 4) is 0 Å². The lowest BCUT2D eigenvalue weighted by Crippen LogP contribution is -2.34. The Morgan fingerprint density at radius 2 is 1.28 bits per heavy atom. The van der Waals surface area contributed by atoms with Gasteiger partial charge in [0.1, 0.15) is 0 Å². The monoisotopic (exact) mass is 353 g/mol. The van der Waals surface area contributed by atoms with Gasteiger partial charge < -0.3 is 4.84 Å². The van der Waals surface area contributed by atoms with Crippen LogP contribution in [0, 0.1) is 5.92 Å². The van der Waals surface area contributed by atoms with Gasteiger partial charge in [-0.25, -0.2) is 4.79 Å². The van der Waals surface area contributed by atoms with Gasteiger partial charge in [-0.2, -0.15) is 0 Å². The molecular weight excluding hydrogens is 318 g/mol. The third kappa shape index (κ3) is 8.50. The number of carbonyl (C=O) groups excluding carboxylic acids is 3. The van der Waals surface area contributed by atoms with Crippen molar-refractivity contribution in [3.05, 3.63) is 0 Å². The second kappa shape index (κ2) is 12.9. The molecule has 0 N–H and O–H groups in total. The van der Waals surface area contributed by atoms with E-state index in [1.165, 1.54) is 32.1 Å². The van der Waals surface area contributed by atoms with E-state index in [1.807, 2.05) is 0 Å². The Morgan fingerprint density at radius 3 is 1.80 bits per heavy atom. The largest absolute Gasteiger partial charge is 0.336 e. The molecule has 0 aliphatic carbocycles. The van der Waals surface area contributed by atoms with Crippen molar-refractivity contribution in [1.29, 1.82) is 0 Å². The first kappa shape index (κ1) is 21.7. The molecule has 0 saturated carbocycles. The fourth-order valence-electron chi connectivity index (χ4n) is 3.19. The van der Waals surface area contributed by atoms with Crippen LogP contribution in [0.3, 0.4) is 0 Å². The number of rotatable bonds is 14. The van der Waals surface area contributed by atoms with Crippen LogP contribution < -0.4 is 0 Å². The highest BCUT2D eigenvalue weighted by Crippen LogP contribution is 2.22. The molecule has 1 heterocycles. The minimum atomic E-state index is -0.409. The molecule has 1 unspecified atom stereocenters. The molecule has 1 fully saturated rings. The molecule has 0 aromatic heterocycles. The zero-order valence-corrected chi connectivity index (χ0v) is 16.1. The standard InChI is InChI=1S/C20H35NO4/c1-3-5-7-9-10-12-14-17(13-11-8-6-4-2)20(24)25-21-18(22)15-16-19(21)23/h17H,3-16H2,1-2H3. The fourth-order valence-corrected chi connectivity index (χ4v) is 3.19. The Morgan fingerprint density at radius 1 is 0.840 bits per heavy atom. The minimum absolute atomic E-state index is 0.144. The van der Waals surface area contributed by atoms with Crippen molar-refractivity contribution in [2.75, 3.05) is 0 Å². The molecule has 1 atom stereocenters. The van der Waals surface area contributed by atoms with E-state index in [1.54, 1.807) is 0 Å². The summed E-state index contributed by atoms with van der Waals surface area (Å²) in [5.41, 5.74) is 0. The van der Waals surface area contributed by atoms with Crippen molar-refractivity contribution >= 4 is 17.8 Å². The van der Waals surface area contributed by atoms with Crippen LogP contribution in [0.1, 0.15) is 104 Å². The molecule has 5 heteroatoms. The number of unbranched alkanes of at least 4 members (excludes halogenated alkanes) is 8. The van der Waals surface area contributed by atoms with Crippen molar-refractivity contribution < 1.29 is 19.2 Å². The van der Waals surface area contributed by atoms with Crippen molar-refractivity contribution in [2.45, 2.75) is 104 Å². The van der Waals surface area contributed by atoms with E-state index in [9.17, 15) is 14.4 Å². The Hall–Kier alpha value is -1.39. The van der Waals surface area contributed by atoms with Gasteiger partial charge in [0.15, 0.2) is 0 Å². The maximum atomic E-state index is 12.5. The summed E-state index contributed by atoms with van der Waals surface area (Å²) in [7, 11) is 0. The lowest BCUT2D eigenvalue weighted by molar-refractivity contribution is -0.201. The number of nitrogens with zero attached hydrogens (tertiary/aromatic N) is 1. The number of carbonyl (C=O) groups is 3. The summed E-state index contributed by atoms with van der Waals surface area (Å²) >= 11 is 0. The summed E-state index contributed by atoms with van der Waals surface area (Å²) in [5.74, 6) is -1.41. The molecule has 1 rings (SSSR count). The molecule has 5 nitrogen and oxygen atoms in total. The summed E-state index contributed by atoms with van der Waals surface area (Å²) < 4.78 is 0. The third-order valence-corrected chi connectivity index (χ3v) is 4.83. The number of hydrogen-bond acceptors (Lipinski definition) is 4. The summed E-state index contributed by atoms with van der Waals surface area (Å²) in [6.07, 6.45) is 13.3. The zero-order valence-electron chi connectivity index (χ0n) is 16.1. The molecule has 0 radical (unpaired) electrons. The maximum Gasteiger partial charge on any atom is 0.336 e. The first-order valence-corrected chi connectivity index (χ1v) is 10.2. The lowest BCUT2D eigenvalue weighted by atomic mass is 9.94. The molecule has 1 aliphatic heterocycles. The van der Waals surface area contributed by atoms with Crippen LogP contribution >= 0.6 is 0 Å². The van der Waals surface area contributed by atoms with Crippen LogP contribution in [0.4, 0.5) is 0 Å². The Labute approximate surface area is 152 Å². The molecule has 0 aromatic carbocycles. The minimum Gasteiger partial charge on any atom is -0.330 e. The van der Waals surface area contributed by atoms with Gasteiger partial charge in [-0.15, -0.1) is 5.06 Å². The van der Waals surface area contributed by atoms with Crippen LogP contribution in [0.25, 0.3) is 0 Å². The number of imide groups is 1. The highest BCUT2D eigenvalue weighted by atomic mass is 16.7. The smallest absolute Gasteiger partial charge is 0.330 e. The summed E-state index contributed by atoms with van der Waals surface area (Å²) in [6, 6.07) is 0. The predicted octanol–water partition coefficient (Wildman–Crippen LogP) is 4.93. The van der Waals surface area contributed by atoms with Crippen LogP contribution in [0.2, 0.25) is 0 Å². The Bertz CT molecular complexity index is 406. The molecule has 0 spiro atoms. The van der Waals surface area contributed by atoms with E-state index in [2.05, 4.69) is 13.8 Å². The molecule has 0 bridgehead atoms. The average molecular weight is 354 g/mol. The van der Waals surface area contributed by atoms with Crippen molar-refractivity contribution in [1.82, 2.24) is 5.06 Å². The zero-order chi connectivity index (χ0) is 18.5. The molecular formula is C20H35NO4. The molecule has 1 saturated heterocycles. The summed E-state index contributed by atoms with van der Waals surface area (Å²) in [5, 5.41) is 0.683. The first-order valence-electron chi connectivity index (χ1n) is 10.2.